The van der Waals surface area contributed by atoms with Gasteiger partial charge in [-0.25, -0.2) is 0 Å². The molecule has 1 aliphatic carbocycles. The van der Waals surface area contributed by atoms with E-state index in [0.717, 1.165) is 68.0 Å². The van der Waals surface area contributed by atoms with Crippen molar-refractivity contribution < 1.29 is 18.0 Å². The molecule has 42 heavy (non-hydrogen) atoms. The van der Waals surface area contributed by atoms with Gasteiger partial charge < -0.3 is 10.2 Å². The molecule has 4 heterocycles. The molecule has 1 spiro atoms. The lowest BCUT2D eigenvalue weighted by Gasteiger charge is -2.34. The highest BCUT2D eigenvalue weighted by atomic mass is 32.1. The third kappa shape index (κ3) is 4.75. The van der Waals surface area contributed by atoms with E-state index in [1.807, 2.05) is 38.1 Å². The summed E-state index contributed by atoms with van der Waals surface area (Å²) in [7, 11) is 0. The first-order valence-electron chi connectivity index (χ1n) is 15.0. The van der Waals surface area contributed by atoms with E-state index in [4.69, 9.17) is 0 Å². The highest BCUT2D eigenvalue weighted by molar-refractivity contribution is 7.05. The summed E-state index contributed by atoms with van der Waals surface area (Å²) in [5.74, 6) is 0.140. The Balaban J connectivity index is 1.21. The molecule has 3 fully saturated rings. The highest BCUT2D eigenvalue weighted by Crippen LogP contribution is 2.46. The fraction of sp³-hybridized carbons (Fsp3) is 0.531. The number of nitrogens with zero attached hydrogens (tertiary/aromatic N) is 4. The average molecular weight is 596 g/mol. The van der Waals surface area contributed by atoms with Crippen LogP contribution in [0.2, 0.25) is 0 Å². The van der Waals surface area contributed by atoms with Gasteiger partial charge in [-0.05, 0) is 116 Å². The van der Waals surface area contributed by atoms with E-state index >= 15 is 0 Å². The van der Waals surface area contributed by atoms with Crippen LogP contribution in [0.25, 0.3) is 0 Å². The number of carbonyl (C=O) groups excluding carboxylic acids is 1. The zero-order valence-corrected chi connectivity index (χ0v) is 24.8. The Morgan fingerprint density at radius 3 is 2.64 bits per heavy atom. The maximum Gasteiger partial charge on any atom is 0.416 e. The monoisotopic (exact) mass is 595 g/mol. The van der Waals surface area contributed by atoms with Gasteiger partial charge in [0.1, 0.15) is 0 Å². The first kappa shape index (κ1) is 28.0. The van der Waals surface area contributed by atoms with Crippen LogP contribution in [0.3, 0.4) is 0 Å². The Bertz CT molecular complexity index is 1510. The fourth-order valence-electron chi connectivity index (χ4n) is 7.62. The molecule has 1 N–H and O–H groups in total. The Morgan fingerprint density at radius 1 is 1.14 bits per heavy atom. The summed E-state index contributed by atoms with van der Waals surface area (Å²) in [6.45, 7) is 7.57. The maximum absolute atomic E-state index is 14.5. The van der Waals surface area contributed by atoms with Crippen molar-refractivity contribution in [3.8, 4) is 0 Å². The van der Waals surface area contributed by atoms with Gasteiger partial charge in [0.05, 0.1) is 17.8 Å². The van der Waals surface area contributed by atoms with Crippen LogP contribution >= 0.6 is 11.5 Å². The van der Waals surface area contributed by atoms with Crippen LogP contribution in [0, 0.1) is 18.3 Å². The van der Waals surface area contributed by atoms with Crippen LogP contribution in [-0.4, -0.2) is 46.6 Å². The van der Waals surface area contributed by atoms with Gasteiger partial charge in [0.2, 0.25) is 0 Å². The zero-order valence-electron chi connectivity index (χ0n) is 24.0. The van der Waals surface area contributed by atoms with Gasteiger partial charge >= 0.3 is 6.18 Å². The predicted octanol–water partition coefficient (Wildman–Crippen LogP) is 6.70. The quantitative estimate of drug-likeness (QED) is 0.344. The van der Waals surface area contributed by atoms with E-state index in [0.29, 0.717) is 17.2 Å². The summed E-state index contributed by atoms with van der Waals surface area (Å²) < 4.78 is 47.7. The Kier molecular flexibility index (Phi) is 6.94. The first-order chi connectivity index (χ1) is 20.1. The number of anilines is 1. The van der Waals surface area contributed by atoms with Gasteiger partial charge in [0.25, 0.3) is 5.91 Å². The summed E-state index contributed by atoms with van der Waals surface area (Å²) in [5, 5.41) is 7.89. The maximum atomic E-state index is 14.5. The van der Waals surface area contributed by atoms with E-state index in [1.165, 1.54) is 28.9 Å². The number of benzene rings is 2. The van der Waals surface area contributed by atoms with Crippen molar-refractivity contribution >= 4 is 23.1 Å². The summed E-state index contributed by atoms with van der Waals surface area (Å²) in [6, 6.07) is 10.6. The molecule has 10 heteroatoms. The van der Waals surface area contributed by atoms with Crippen LogP contribution in [0.15, 0.2) is 36.4 Å². The number of fused-ring (bicyclic) bond motifs is 1. The minimum Gasteiger partial charge on any atom is -0.316 e. The number of carbonyl (C=O) groups is 1. The number of aryl methyl sites for hydroxylation is 1. The van der Waals surface area contributed by atoms with Gasteiger partial charge in [-0.2, -0.15) is 13.2 Å². The molecule has 1 aromatic heterocycles. The zero-order chi connectivity index (χ0) is 29.2. The molecule has 0 unspecified atom stereocenters. The molecule has 0 radical (unpaired) electrons. The summed E-state index contributed by atoms with van der Waals surface area (Å²) in [4.78, 5) is 18.7. The lowest BCUT2D eigenvalue weighted by molar-refractivity contribution is -0.138. The number of alkyl halides is 3. The molecule has 3 aromatic rings. The number of likely N-dealkylation sites (tertiary alicyclic amines) is 1. The molecule has 1 amide bonds. The van der Waals surface area contributed by atoms with Crippen LogP contribution in [0.5, 0.6) is 0 Å². The molecule has 222 valence electrons. The third-order valence-corrected chi connectivity index (χ3v) is 11.0. The minimum absolute atomic E-state index is 0.0644. The van der Waals surface area contributed by atoms with Crippen molar-refractivity contribution in [1.29, 1.82) is 0 Å². The molecular formula is C32H36F3N5OS. The number of halogens is 3. The van der Waals surface area contributed by atoms with Crippen molar-refractivity contribution in [2.45, 2.75) is 70.6 Å². The molecule has 2 aromatic carbocycles. The van der Waals surface area contributed by atoms with Crippen molar-refractivity contribution in [3.05, 3.63) is 74.8 Å². The second-order valence-electron chi connectivity index (χ2n) is 12.8. The minimum atomic E-state index is -4.55. The van der Waals surface area contributed by atoms with Gasteiger partial charge in [0.15, 0.2) is 0 Å². The van der Waals surface area contributed by atoms with E-state index in [1.54, 1.807) is 6.07 Å². The van der Waals surface area contributed by atoms with Gasteiger partial charge in [0, 0.05) is 41.2 Å². The number of hydrogen-bond donors (Lipinski definition) is 1. The number of rotatable bonds is 6. The molecule has 1 saturated carbocycles. The average Bonchev–Trinajstić information content (AvgIpc) is 3.74. The van der Waals surface area contributed by atoms with E-state index in [2.05, 4.69) is 19.8 Å². The summed E-state index contributed by atoms with van der Waals surface area (Å²) in [6.07, 6.45) is 0.969. The predicted molar refractivity (Wildman–Crippen MR) is 157 cm³/mol. The smallest absolute Gasteiger partial charge is 0.316 e. The van der Waals surface area contributed by atoms with E-state index in [-0.39, 0.29) is 41.0 Å². The fourth-order valence-corrected chi connectivity index (χ4v) is 8.14. The van der Waals surface area contributed by atoms with Crippen molar-refractivity contribution in [2.24, 2.45) is 11.3 Å². The SMILES string of the molecule is Cc1snnc1[C@@H](c1cccc(N2Cc3c(cc([C@H](C)N4CC[C@]5(CCNC5)C4)cc3C(F)(F)F)C2=O)c1)C1CCC1. The molecule has 7 rings (SSSR count). The van der Waals surface area contributed by atoms with Gasteiger partial charge in [-0.3, -0.25) is 9.69 Å². The first-order valence-corrected chi connectivity index (χ1v) is 15.8. The Hall–Kier alpha value is -2.82. The molecule has 2 saturated heterocycles. The second kappa shape index (κ2) is 10.4. The number of nitrogens with one attached hydrogen (secondary N) is 1. The topological polar surface area (TPSA) is 61.4 Å². The van der Waals surface area contributed by atoms with Gasteiger partial charge in [-0.15, -0.1) is 5.10 Å². The number of aromatic nitrogens is 2. The Labute approximate surface area is 248 Å². The lowest BCUT2D eigenvalue weighted by Crippen LogP contribution is -2.31. The summed E-state index contributed by atoms with van der Waals surface area (Å²) >= 11 is 1.38. The largest absolute Gasteiger partial charge is 0.416 e. The molecule has 4 aliphatic rings. The van der Waals surface area contributed by atoms with Crippen molar-refractivity contribution in [3.63, 3.8) is 0 Å². The van der Waals surface area contributed by atoms with Crippen LogP contribution in [0.4, 0.5) is 18.9 Å². The molecule has 6 nitrogen and oxygen atoms in total. The van der Waals surface area contributed by atoms with Crippen LogP contribution < -0.4 is 10.2 Å². The number of hydrogen-bond acceptors (Lipinski definition) is 6. The molecule has 0 bridgehead atoms. The molecular weight excluding hydrogens is 559 g/mol. The van der Waals surface area contributed by atoms with Crippen molar-refractivity contribution in [1.82, 2.24) is 19.8 Å². The normalized spacial score (nSPS) is 24.4. The van der Waals surface area contributed by atoms with E-state index in [9.17, 15) is 18.0 Å². The second-order valence-corrected chi connectivity index (χ2v) is 13.7. The molecule has 3 atom stereocenters. The highest BCUT2D eigenvalue weighted by Gasteiger charge is 2.44. The summed E-state index contributed by atoms with van der Waals surface area (Å²) in [5.41, 5.74) is 2.94. The van der Waals surface area contributed by atoms with Crippen molar-refractivity contribution in [2.75, 3.05) is 31.1 Å². The molecule has 3 aliphatic heterocycles. The number of amides is 1. The third-order valence-electron chi connectivity index (χ3n) is 10.3. The van der Waals surface area contributed by atoms with Gasteiger partial charge in [-0.1, -0.05) is 23.0 Å². The van der Waals surface area contributed by atoms with Crippen LogP contribution in [-0.2, 0) is 12.7 Å². The Morgan fingerprint density at radius 2 is 1.98 bits per heavy atom. The lowest BCUT2D eigenvalue weighted by atomic mass is 9.71. The van der Waals surface area contributed by atoms with E-state index < -0.39 is 11.7 Å². The standard InChI is InChI=1S/C32H36F3N5OS/c1-19(39-12-10-31(18-39)9-11-36-17-31)23-14-25-26(27(15-23)32(33,34)35)16-40(30(25)41)24-8-4-7-22(13-24)28(21-5-3-6-21)29-20(2)42-38-37-29/h4,7-8,13-15,19,21,28,36H,3,5-6,9-12,16-18H2,1-2H3/t19-,28+,31-/m0/s1. The van der Waals surface area contributed by atoms with Crippen LogP contribution in [0.1, 0.15) is 94.2 Å².